The van der Waals surface area contributed by atoms with Crippen LogP contribution in [0.1, 0.15) is 40.5 Å². The first-order chi connectivity index (χ1) is 9.61. The van der Waals surface area contributed by atoms with E-state index in [1.54, 1.807) is 35.9 Å². The smallest absolute Gasteiger partial charge is 0.354 e. The van der Waals surface area contributed by atoms with Gasteiger partial charge >= 0.3 is 5.97 Å². The Morgan fingerprint density at radius 1 is 1.40 bits per heavy atom. The molecule has 0 amide bonds. The third-order valence-corrected chi connectivity index (χ3v) is 3.53. The minimum atomic E-state index is -0.943. The molecule has 0 spiro atoms. The van der Waals surface area contributed by atoms with Crippen molar-refractivity contribution in [3.05, 3.63) is 41.1 Å². The van der Waals surface area contributed by atoms with Crippen molar-refractivity contribution in [3.63, 3.8) is 0 Å². The van der Waals surface area contributed by atoms with Gasteiger partial charge < -0.3 is 5.11 Å². The van der Waals surface area contributed by atoms with E-state index in [2.05, 4.69) is 11.2 Å². The van der Waals surface area contributed by atoms with Gasteiger partial charge in [0.1, 0.15) is 5.69 Å². The molecule has 20 heavy (non-hydrogen) atoms. The first-order valence-electron chi connectivity index (χ1n) is 6.44. The number of carboxylic acid groups (broad SMARTS) is 1. The van der Waals surface area contributed by atoms with Crippen molar-refractivity contribution in [2.24, 2.45) is 0 Å². The first-order valence-corrected chi connectivity index (χ1v) is 6.44. The molecule has 100 valence electrons. The van der Waals surface area contributed by atoms with E-state index in [0.29, 0.717) is 16.8 Å². The monoisotopic (exact) mass is 267 g/mol. The van der Waals surface area contributed by atoms with Crippen LogP contribution in [0.15, 0.2) is 24.3 Å². The van der Waals surface area contributed by atoms with Crippen LogP contribution in [-0.2, 0) is 0 Å². The van der Waals surface area contributed by atoms with Crippen LogP contribution < -0.4 is 0 Å². The lowest BCUT2D eigenvalue weighted by molar-refractivity contribution is 0.0682. The predicted molar refractivity (Wildman–Crippen MR) is 72.3 cm³/mol. The van der Waals surface area contributed by atoms with Gasteiger partial charge in [0, 0.05) is 11.1 Å². The van der Waals surface area contributed by atoms with E-state index in [0.717, 1.165) is 18.4 Å². The lowest BCUT2D eigenvalue weighted by Gasteiger charge is -2.00. The summed E-state index contributed by atoms with van der Waals surface area (Å²) in [6.45, 7) is 1.78. The largest absolute Gasteiger partial charge is 0.477 e. The maximum Gasteiger partial charge on any atom is 0.354 e. The molecule has 0 aliphatic heterocycles. The Morgan fingerprint density at radius 3 is 2.55 bits per heavy atom. The number of nitriles is 1. The molecule has 0 radical (unpaired) electrons. The summed E-state index contributed by atoms with van der Waals surface area (Å²) in [6.07, 6.45) is 1.96. The lowest BCUT2D eigenvalue weighted by Crippen LogP contribution is -2.09. The standard InChI is InChI=1S/C15H13N3O2/c1-9-13(11-4-2-10(8-16)3-5-11)17-18(12-6-7-12)14(9)15(19)20/h2-5,12H,6-7H2,1H3,(H,19,20). The quantitative estimate of drug-likeness (QED) is 0.927. The zero-order valence-electron chi connectivity index (χ0n) is 11.0. The molecule has 0 unspecified atom stereocenters. The number of carboxylic acids is 1. The Balaban J connectivity index is 2.11. The number of aromatic carboxylic acids is 1. The van der Waals surface area contributed by atoms with E-state index < -0.39 is 5.97 Å². The van der Waals surface area contributed by atoms with Crippen molar-refractivity contribution in [1.82, 2.24) is 9.78 Å². The highest BCUT2D eigenvalue weighted by Gasteiger charge is 2.31. The molecule has 1 aliphatic rings. The fourth-order valence-corrected chi connectivity index (χ4v) is 2.34. The summed E-state index contributed by atoms with van der Waals surface area (Å²) in [6, 6.07) is 9.31. The Morgan fingerprint density at radius 2 is 2.05 bits per heavy atom. The minimum absolute atomic E-state index is 0.215. The number of hydrogen-bond acceptors (Lipinski definition) is 3. The number of aromatic nitrogens is 2. The number of hydrogen-bond donors (Lipinski definition) is 1. The van der Waals surface area contributed by atoms with Gasteiger partial charge in [-0.3, -0.25) is 4.68 Å². The van der Waals surface area contributed by atoms with Gasteiger partial charge in [-0.15, -0.1) is 0 Å². The molecule has 1 N–H and O–H groups in total. The highest BCUT2D eigenvalue weighted by molar-refractivity contribution is 5.90. The van der Waals surface area contributed by atoms with Crippen molar-refractivity contribution in [2.45, 2.75) is 25.8 Å². The molecule has 0 atom stereocenters. The van der Waals surface area contributed by atoms with Gasteiger partial charge in [0.25, 0.3) is 0 Å². The molecule has 3 rings (SSSR count). The summed E-state index contributed by atoms with van der Waals surface area (Å²) in [5.41, 5.74) is 3.04. The third-order valence-electron chi connectivity index (χ3n) is 3.53. The van der Waals surface area contributed by atoms with Gasteiger partial charge in [-0.25, -0.2) is 4.79 Å². The summed E-state index contributed by atoms with van der Waals surface area (Å²) in [5.74, 6) is -0.943. The van der Waals surface area contributed by atoms with Crippen LogP contribution in [0.25, 0.3) is 11.3 Å². The highest BCUT2D eigenvalue weighted by Crippen LogP contribution is 2.38. The van der Waals surface area contributed by atoms with Crippen LogP contribution >= 0.6 is 0 Å². The van der Waals surface area contributed by atoms with Crippen molar-refractivity contribution >= 4 is 5.97 Å². The molecule has 2 aromatic rings. The fourth-order valence-electron chi connectivity index (χ4n) is 2.34. The normalized spacial score (nSPS) is 14.0. The van der Waals surface area contributed by atoms with Crippen molar-refractivity contribution < 1.29 is 9.90 Å². The Kier molecular flexibility index (Phi) is 2.79. The summed E-state index contributed by atoms with van der Waals surface area (Å²) >= 11 is 0. The van der Waals surface area contributed by atoms with E-state index >= 15 is 0 Å². The molecular weight excluding hydrogens is 254 g/mol. The Hall–Kier alpha value is -2.61. The van der Waals surface area contributed by atoms with Gasteiger partial charge in [0.05, 0.1) is 23.4 Å². The zero-order chi connectivity index (χ0) is 14.3. The third kappa shape index (κ3) is 1.95. The van der Waals surface area contributed by atoms with E-state index in [1.165, 1.54) is 0 Å². The van der Waals surface area contributed by atoms with Gasteiger partial charge in [-0.2, -0.15) is 10.4 Å². The lowest BCUT2D eigenvalue weighted by atomic mass is 10.1. The molecule has 5 heteroatoms. The topological polar surface area (TPSA) is 78.9 Å². The SMILES string of the molecule is Cc1c(-c2ccc(C#N)cc2)nn(C2CC2)c1C(=O)O. The van der Waals surface area contributed by atoms with Crippen molar-refractivity contribution in [1.29, 1.82) is 5.26 Å². The first kappa shape index (κ1) is 12.4. The van der Waals surface area contributed by atoms with Gasteiger partial charge in [0.15, 0.2) is 0 Å². The van der Waals surface area contributed by atoms with Crippen LogP contribution in [0.4, 0.5) is 0 Å². The van der Waals surface area contributed by atoms with Crippen molar-refractivity contribution in [3.8, 4) is 17.3 Å². The maximum absolute atomic E-state index is 11.4. The molecule has 1 aliphatic carbocycles. The second kappa shape index (κ2) is 4.49. The number of nitrogens with zero attached hydrogens (tertiary/aromatic N) is 3. The molecule has 1 heterocycles. The highest BCUT2D eigenvalue weighted by atomic mass is 16.4. The van der Waals surface area contributed by atoms with Crippen LogP contribution in [0, 0.1) is 18.3 Å². The number of rotatable bonds is 3. The summed E-state index contributed by atoms with van der Waals surface area (Å²) in [4.78, 5) is 11.4. The van der Waals surface area contributed by atoms with E-state index in [9.17, 15) is 9.90 Å². The minimum Gasteiger partial charge on any atom is -0.477 e. The predicted octanol–water partition coefficient (Wildman–Crippen LogP) is 2.76. The molecule has 5 nitrogen and oxygen atoms in total. The van der Waals surface area contributed by atoms with Gasteiger partial charge in [-0.05, 0) is 31.9 Å². The molecule has 0 saturated heterocycles. The Labute approximate surface area is 116 Å². The summed E-state index contributed by atoms with van der Waals surface area (Å²) < 4.78 is 1.63. The second-order valence-corrected chi connectivity index (χ2v) is 4.99. The van der Waals surface area contributed by atoms with Gasteiger partial charge in [-0.1, -0.05) is 12.1 Å². The molecule has 1 aromatic carbocycles. The zero-order valence-corrected chi connectivity index (χ0v) is 11.0. The van der Waals surface area contributed by atoms with E-state index in [-0.39, 0.29) is 11.7 Å². The van der Waals surface area contributed by atoms with Gasteiger partial charge in [0.2, 0.25) is 0 Å². The van der Waals surface area contributed by atoms with E-state index in [4.69, 9.17) is 5.26 Å². The molecule has 1 fully saturated rings. The van der Waals surface area contributed by atoms with Crippen LogP contribution in [0.5, 0.6) is 0 Å². The molecule has 1 saturated carbocycles. The van der Waals surface area contributed by atoms with E-state index in [1.807, 2.05) is 0 Å². The molecular formula is C15H13N3O2. The van der Waals surface area contributed by atoms with Crippen LogP contribution in [0.2, 0.25) is 0 Å². The average molecular weight is 267 g/mol. The number of carbonyl (C=O) groups is 1. The second-order valence-electron chi connectivity index (χ2n) is 4.99. The molecule has 0 bridgehead atoms. The summed E-state index contributed by atoms with van der Waals surface area (Å²) in [7, 11) is 0. The van der Waals surface area contributed by atoms with Crippen LogP contribution in [-0.4, -0.2) is 20.9 Å². The summed E-state index contributed by atoms with van der Waals surface area (Å²) in [5, 5.41) is 22.6. The Bertz CT molecular complexity index is 719. The van der Waals surface area contributed by atoms with Crippen LogP contribution in [0.3, 0.4) is 0 Å². The maximum atomic E-state index is 11.4. The number of benzene rings is 1. The fraction of sp³-hybridized carbons (Fsp3) is 0.267. The van der Waals surface area contributed by atoms with Crippen molar-refractivity contribution in [2.75, 3.05) is 0 Å². The molecule has 1 aromatic heterocycles. The average Bonchev–Trinajstić information content (AvgIpc) is 3.22.